The Labute approximate surface area is 99.9 Å². The second-order valence-corrected chi connectivity index (χ2v) is 5.24. The van der Waals surface area contributed by atoms with Crippen molar-refractivity contribution in [2.75, 3.05) is 26.9 Å². The van der Waals surface area contributed by atoms with E-state index >= 15 is 0 Å². The first-order valence-electron chi connectivity index (χ1n) is 5.36. The molecule has 1 fully saturated rings. The SMILES string of the molecule is COC(=O)C1(CF)CN(C(=O)OC(C)(C)C)C1. The standard InChI is InChI=1S/C11H18FNO4/c1-10(2,3)17-9(15)13-6-11(5-12,7-13)8(14)16-4/h5-7H2,1-4H3. The molecule has 1 amide bonds. The lowest BCUT2D eigenvalue weighted by molar-refractivity contribution is -0.164. The molecule has 1 saturated heterocycles. The molecule has 17 heavy (non-hydrogen) atoms. The van der Waals surface area contributed by atoms with Crippen LogP contribution in [0.2, 0.25) is 0 Å². The van der Waals surface area contributed by atoms with Crippen LogP contribution in [-0.2, 0) is 14.3 Å². The molecule has 0 spiro atoms. The Kier molecular flexibility index (Phi) is 3.64. The molecule has 0 bridgehead atoms. The van der Waals surface area contributed by atoms with Crippen molar-refractivity contribution in [1.29, 1.82) is 0 Å². The molecular weight excluding hydrogens is 229 g/mol. The van der Waals surface area contributed by atoms with Gasteiger partial charge in [0.05, 0.1) is 7.11 Å². The fourth-order valence-electron chi connectivity index (χ4n) is 1.62. The molecule has 1 aliphatic rings. The molecule has 0 aromatic carbocycles. The van der Waals surface area contributed by atoms with Crippen LogP contribution >= 0.6 is 0 Å². The normalized spacial score (nSPS) is 18.3. The number of nitrogens with zero attached hydrogens (tertiary/aromatic N) is 1. The number of ether oxygens (including phenoxy) is 2. The first-order chi connectivity index (χ1) is 7.74. The number of esters is 1. The smallest absolute Gasteiger partial charge is 0.410 e. The van der Waals surface area contributed by atoms with E-state index in [-0.39, 0.29) is 13.1 Å². The molecule has 5 nitrogen and oxygen atoms in total. The zero-order chi connectivity index (χ0) is 13.3. The van der Waals surface area contributed by atoms with E-state index in [1.807, 2.05) is 0 Å². The number of methoxy groups -OCH3 is 1. The van der Waals surface area contributed by atoms with E-state index in [0.29, 0.717) is 0 Å². The maximum Gasteiger partial charge on any atom is 0.410 e. The molecule has 0 atom stereocenters. The zero-order valence-corrected chi connectivity index (χ0v) is 10.6. The van der Waals surface area contributed by atoms with E-state index in [1.165, 1.54) is 12.0 Å². The summed E-state index contributed by atoms with van der Waals surface area (Å²) in [5.74, 6) is -0.625. The lowest BCUT2D eigenvalue weighted by Gasteiger charge is -2.45. The second-order valence-electron chi connectivity index (χ2n) is 5.24. The van der Waals surface area contributed by atoms with E-state index in [1.54, 1.807) is 20.8 Å². The zero-order valence-electron chi connectivity index (χ0n) is 10.6. The summed E-state index contributed by atoms with van der Waals surface area (Å²) in [5, 5.41) is 0. The second kappa shape index (κ2) is 4.50. The van der Waals surface area contributed by atoms with Crippen LogP contribution in [0.15, 0.2) is 0 Å². The van der Waals surface area contributed by atoms with Crippen LogP contribution in [0, 0.1) is 5.41 Å². The molecule has 6 heteroatoms. The van der Waals surface area contributed by atoms with Gasteiger partial charge in [-0.1, -0.05) is 0 Å². The van der Waals surface area contributed by atoms with E-state index in [0.717, 1.165) is 0 Å². The monoisotopic (exact) mass is 247 g/mol. The van der Waals surface area contributed by atoms with Crippen molar-refractivity contribution in [3.63, 3.8) is 0 Å². The van der Waals surface area contributed by atoms with Gasteiger partial charge in [-0.2, -0.15) is 0 Å². The maximum atomic E-state index is 12.8. The number of amides is 1. The molecule has 1 heterocycles. The van der Waals surface area contributed by atoms with Gasteiger partial charge in [0.1, 0.15) is 17.7 Å². The molecular formula is C11H18FNO4. The summed E-state index contributed by atoms with van der Waals surface area (Å²) in [4.78, 5) is 24.2. The van der Waals surface area contributed by atoms with E-state index in [4.69, 9.17) is 4.74 Å². The average Bonchev–Trinajstić information content (AvgIpc) is 2.13. The predicted molar refractivity (Wildman–Crippen MR) is 58.2 cm³/mol. The van der Waals surface area contributed by atoms with Gasteiger partial charge in [-0.3, -0.25) is 4.79 Å². The quantitative estimate of drug-likeness (QED) is 0.691. The molecule has 1 rings (SSSR count). The Morgan fingerprint density at radius 3 is 2.24 bits per heavy atom. The highest BCUT2D eigenvalue weighted by Crippen LogP contribution is 2.33. The van der Waals surface area contributed by atoms with Crippen molar-refractivity contribution < 1.29 is 23.5 Å². The third-order valence-corrected chi connectivity index (χ3v) is 2.51. The number of likely N-dealkylation sites (tertiary alicyclic amines) is 1. The van der Waals surface area contributed by atoms with Crippen LogP contribution in [0.3, 0.4) is 0 Å². The van der Waals surface area contributed by atoms with Crippen LogP contribution in [0.1, 0.15) is 20.8 Å². The average molecular weight is 247 g/mol. The first kappa shape index (κ1) is 13.7. The Hall–Kier alpha value is -1.33. The van der Waals surface area contributed by atoms with Gasteiger partial charge >= 0.3 is 12.1 Å². The summed E-state index contributed by atoms with van der Waals surface area (Å²) >= 11 is 0. The molecule has 0 aliphatic carbocycles. The van der Waals surface area contributed by atoms with Gasteiger partial charge in [0, 0.05) is 13.1 Å². The lowest BCUT2D eigenvalue weighted by atomic mass is 9.81. The maximum absolute atomic E-state index is 12.8. The van der Waals surface area contributed by atoms with Crippen molar-refractivity contribution in [2.45, 2.75) is 26.4 Å². The summed E-state index contributed by atoms with van der Waals surface area (Å²) in [6.45, 7) is 4.41. The number of carbonyl (C=O) groups is 2. The fraction of sp³-hybridized carbons (Fsp3) is 0.818. The van der Waals surface area contributed by atoms with Crippen molar-refractivity contribution in [3.8, 4) is 0 Å². The van der Waals surface area contributed by atoms with Gasteiger partial charge in [-0.15, -0.1) is 0 Å². The minimum Gasteiger partial charge on any atom is -0.468 e. The molecule has 1 aliphatic heterocycles. The van der Waals surface area contributed by atoms with Crippen molar-refractivity contribution in [1.82, 2.24) is 4.90 Å². The number of rotatable bonds is 2. The number of hydrogen-bond acceptors (Lipinski definition) is 4. The first-order valence-corrected chi connectivity index (χ1v) is 5.36. The lowest BCUT2D eigenvalue weighted by Crippen LogP contribution is -2.64. The van der Waals surface area contributed by atoms with Gasteiger partial charge < -0.3 is 14.4 Å². The number of alkyl halides is 1. The largest absolute Gasteiger partial charge is 0.468 e. The molecule has 0 saturated carbocycles. The molecule has 0 aromatic rings. The summed E-state index contributed by atoms with van der Waals surface area (Å²) in [6.07, 6.45) is -0.537. The highest BCUT2D eigenvalue weighted by Gasteiger charge is 2.53. The van der Waals surface area contributed by atoms with Gasteiger partial charge in [0.2, 0.25) is 0 Å². The van der Waals surface area contributed by atoms with Gasteiger partial charge in [-0.05, 0) is 20.8 Å². The van der Waals surface area contributed by atoms with E-state index in [9.17, 15) is 14.0 Å². The van der Waals surface area contributed by atoms with Gasteiger partial charge in [0.15, 0.2) is 0 Å². The third kappa shape index (κ3) is 2.87. The highest BCUT2D eigenvalue weighted by atomic mass is 19.1. The number of carbonyl (C=O) groups excluding carboxylic acids is 2. The molecule has 0 N–H and O–H groups in total. The van der Waals surface area contributed by atoms with Gasteiger partial charge in [-0.25, -0.2) is 9.18 Å². The Bertz CT molecular complexity index is 318. The Balaban J connectivity index is 2.55. The summed E-state index contributed by atoms with van der Waals surface area (Å²) in [5.41, 5.74) is -1.80. The topological polar surface area (TPSA) is 55.8 Å². The Morgan fingerprint density at radius 2 is 1.88 bits per heavy atom. The van der Waals surface area contributed by atoms with Crippen LogP contribution in [0.5, 0.6) is 0 Å². The highest BCUT2D eigenvalue weighted by molar-refractivity contribution is 5.82. The number of hydrogen-bond donors (Lipinski definition) is 0. The predicted octanol–water partition coefficient (Wildman–Crippen LogP) is 1.37. The minimum atomic E-state index is -1.20. The molecule has 0 unspecified atom stereocenters. The van der Waals surface area contributed by atoms with Crippen LogP contribution in [-0.4, -0.2) is 49.4 Å². The van der Waals surface area contributed by atoms with Gasteiger partial charge in [0.25, 0.3) is 0 Å². The summed E-state index contributed by atoms with van der Waals surface area (Å²) < 4.78 is 22.5. The van der Waals surface area contributed by atoms with Crippen LogP contribution in [0.4, 0.5) is 9.18 Å². The number of halogens is 1. The van der Waals surface area contributed by atoms with Crippen molar-refractivity contribution in [3.05, 3.63) is 0 Å². The fourth-order valence-corrected chi connectivity index (χ4v) is 1.62. The minimum absolute atomic E-state index is 0.00505. The molecule has 0 radical (unpaired) electrons. The molecule has 98 valence electrons. The summed E-state index contributed by atoms with van der Waals surface area (Å²) in [7, 11) is 1.20. The van der Waals surface area contributed by atoms with E-state index in [2.05, 4.69) is 4.74 Å². The third-order valence-electron chi connectivity index (χ3n) is 2.51. The molecule has 0 aromatic heterocycles. The van der Waals surface area contributed by atoms with Crippen LogP contribution in [0.25, 0.3) is 0 Å². The Morgan fingerprint density at radius 1 is 1.35 bits per heavy atom. The van der Waals surface area contributed by atoms with E-state index < -0.39 is 29.8 Å². The van der Waals surface area contributed by atoms with Crippen molar-refractivity contribution in [2.24, 2.45) is 5.41 Å². The van der Waals surface area contributed by atoms with Crippen LogP contribution < -0.4 is 0 Å². The summed E-state index contributed by atoms with van der Waals surface area (Å²) in [6, 6.07) is 0. The van der Waals surface area contributed by atoms with Crippen molar-refractivity contribution >= 4 is 12.1 Å².